The highest BCUT2D eigenvalue weighted by molar-refractivity contribution is 6.32. The van der Waals surface area contributed by atoms with Crippen LogP contribution in [-0.2, 0) is 17.9 Å². The predicted octanol–water partition coefficient (Wildman–Crippen LogP) is 2.49. The minimum Gasteiger partial charge on any atom is -0.467 e. The maximum atomic E-state index is 13.1. The van der Waals surface area contributed by atoms with Gasteiger partial charge in [0.1, 0.15) is 12.3 Å². The number of para-hydroxylation sites is 1. The Labute approximate surface area is 169 Å². The Morgan fingerprint density at radius 2 is 1.90 bits per heavy atom. The molecule has 0 bridgehead atoms. The van der Waals surface area contributed by atoms with Gasteiger partial charge in [0.15, 0.2) is 5.15 Å². The van der Waals surface area contributed by atoms with Crippen LogP contribution < -0.4 is 16.6 Å². The van der Waals surface area contributed by atoms with E-state index in [1.165, 1.54) is 17.0 Å². The monoisotopic (exact) mass is 410 g/mol. The molecule has 0 aliphatic heterocycles. The number of carbonyl (C=O) groups is 1. The highest BCUT2D eigenvalue weighted by atomic mass is 35.5. The third-order valence-corrected chi connectivity index (χ3v) is 4.66. The van der Waals surface area contributed by atoms with Gasteiger partial charge in [-0.25, -0.2) is 9.78 Å². The van der Waals surface area contributed by atoms with Gasteiger partial charge >= 0.3 is 5.69 Å². The minimum atomic E-state index is -0.613. The van der Waals surface area contributed by atoms with Crippen molar-refractivity contribution in [2.45, 2.75) is 13.1 Å². The van der Waals surface area contributed by atoms with Crippen LogP contribution in [0.2, 0.25) is 5.15 Å². The Hall–Kier alpha value is -3.65. The van der Waals surface area contributed by atoms with E-state index in [9.17, 15) is 14.4 Å². The Morgan fingerprint density at radius 3 is 2.66 bits per heavy atom. The van der Waals surface area contributed by atoms with E-state index in [4.69, 9.17) is 16.0 Å². The van der Waals surface area contributed by atoms with Crippen molar-refractivity contribution < 1.29 is 9.21 Å². The van der Waals surface area contributed by atoms with Gasteiger partial charge in [0.2, 0.25) is 5.91 Å². The summed E-state index contributed by atoms with van der Waals surface area (Å²) < 4.78 is 7.56. The number of hydrogen-bond donors (Lipinski definition) is 1. The molecule has 0 aliphatic carbocycles. The highest BCUT2D eigenvalue weighted by Gasteiger charge is 2.16. The van der Waals surface area contributed by atoms with Crippen LogP contribution in [0.3, 0.4) is 0 Å². The molecule has 1 aromatic carbocycles. The lowest BCUT2D eigenvalue weighted by atomic mass is 10.2. The fourth-order valence-electron chi connectivity index (χ4n) is 3.03. The van der Waals surface area contributed by atoms with Gasteiger partial charge in [-0.2, -0.15) is 0 Å². The number of benzene rings is 1. The van der Waals surface area contributed by atoms with Gasteiger partial charge in [-0.3, -0.25) is 18.7 Å². The summed E-state index contributed by atoms with van der Waals surface area (Å²) in [7, 11) is 0. The first kappa shape index (κ1) is 18.7. The third-order valence-electron chi connectivity index (χ3n) is 4.36. The van der Waals surface area contributed by atoms with Crippen molar-refractivity contribution in [2.24, 2.45) is 0 Å². The van der Waals surface area contributed by atoms with E-state index in [1.54, 1.807) is 48.5 Å². The first-order valence-corrected chi connectivity index (χ1v) is 9.07. The molecule has 1 amide bonds. The van der Waals surface area contributed by atoms with Crippen LogP contribution in [0.25, 0.3) is 10.9 Å². The van der Waals surface area contributed by atoms with Crippen LogP contribution >= 0.6 is 11.6 Å². The second kappa shape index (κ2) is 7.76. The largest absolute Gasteiger partial charge is 0.467 e. The van der Waals surface area contributed by atoms with E-state index in [0.717, 1.165) is 4.57 Å². The van der Waals surface area contributed by atoms with Gasteiger partial charge in [-0.05, 0) is 36.4 Å². The van der Waals surface area contributed by atoms with Gasteiger partial charge < -0.3 is 9.73 Å². The second-order valence-corrected chi connectivity index (χ2v) is 6.60. The summed E-state index contributed by atoms with van der Waals surface area (Å²) in [5.74, 6) is -0.0204. The minimum absolute atomic E-state index is 0.0362. The summed E-state index contributed by atoms with van der Waals surface area (Å²) >= 11 is 5.97. The number of nitrogens with one attached hydrogen (secondary N) is 1. The summed E-state index contributed by atoms with van der Waals surface area (Å²) in [4.78, 5) is 42.4. The zero-order valence-corrected chi connectivity index (χ0v) is 15.8. The maximum absolute atomic E-state index is 13.1. The molecule has 0 saturated carbocycles. The van der Waals surface area contributed by atoms with Crippen molar-refractivity contribution in [3.05, 3.63) is 92.7 Å². The molecular formula is C20H15ClN4O4. The molecule has 0 saturated heterocycles. The fourth-order valence-corrected chi connectivity index (χ4v) is 3.20. The molecule has 1 N–H and O–H groups in total. The highest BCUT2D eigenvalue weighted by Crippen LogP contribution is 2.17. The summed E-state index contributed by atoms with van der Waals surface area (Å²) in [6.07, 6.45) is 2.96. The van der Waals surface area contributed by atoms with Gasteiger partial charge in [0.25, 0.3) is 5.56 Å². The van der Waals surface area contributed by atoms with E-state index in [2.05, 4.69) is 10.3 Å². The van der Waals surface area contributed by atoms with Crippen LogP contribution in [0.15, 0.2) is 75.0 Å². The molecule has 3 heterocycles. The Morgan fingerprint density at radius 1 is 1.07 bits per heavy atom. The number of nitrogens with zero attached hydrogens (tertiary/aromatic N) is 3. The normalized spacial score (nSPS) is 10.9. The SMILES string of the molecule is O=C(Cn1c(=O)n(Cc2ccco2)c(=O)c2ccccc21)Nc1cccnc1Cl. The number of amides is 1. The zero-order chi connectivity index (χ0) is 20.4. The standard InChI is InChI=1S/C20H15ClN4O4/c21-18-15(7-3-9-22-18)23-17(26)12-24-16-8-2-1-6-14(16)19(27)25(20(24)28)11-13-5-4-10-29-13/h1-10H,11-12H2,(H,23,26). The van der Waals surface area contributed by atoms with Crippen molar-refractivity contribution in [1.82, 2.24) is 14.1 Å². The lowest BCUT2D eigenvalue weighted by Gasteiger charge is -2.14. The molecule has 4 aromatic rings. The first-order chi connectivity index (χ1) is 14.0. The predicted molar refractivity (Wildman–Crippen MR) is 108 cm³/mol. The maximum Gasteiger partial charge on any atom is 0.332 e. The fraction of sp³-hybridized carbons (Fsp3) is 0.100. The number of halogens is 1. The van der Waals surface area contributed by atoms with Crippen molar-refractivity contribution in [3.63, 3.8) is 0 Å². The lowest BCUT2D eigenvalue weighted by molar-refractivity contribution is -0.116. The molecule has 0 atom stereocenters. The van der Waals surface area contributed by atoms with E-state index in [1.807, 2.05) is 0 Å². The molecule has 0 unspecified atom stereocenters. The molecule has 8 nitrogen and oxygen atoms in total. The topological polar surface area (TPSA) is 99.1 Å². The van der Waals surface area contributed by atoms with E-state index in [-0.39, 0.29) is 18.2 Å². The average Bonchev–Trinajstić information content (AvgIpc) is 3.23. The molecule has 0 aliphatic rings. The van der Waals surface area contributed by atoms with Crippen LogP contribution in [-0.4, -0.2) is 20.0 Å². The number of anilines is 1. The number of carbonyl (C=O) groups excluding carboxylic acids is 1. The van der Waals surface area contributed by atoms with Crippen molar-refractivity contribution >= 4 is 34.1 Å². The van der Waals surface area contributed by atoms with Crippen LogP contribution in [0.5, 0.6) is 0 Å². The van der Waals surface area contributed by atoms with Gasteiger partial charge in [0.05, 0.1) is 29.4 Å². The van der Waals surface area contributed by atoms with E-state index in [0.29, 0.717) is 22.4 Å². The second-order valence-electron chi connectivity index (χ2n) is 6.25. The molecule has 0 radical (unpaired) electrons. The molecule has 29 heavy (non-hydrogen) atoms. The summed E-state index contributed by atoms with van der Waals surface area (Å²) in [6.45, 7) is -0.339. The molecular weight excluding hydrogens is 396 g/mol. The Bertz CT molecular complexity index is 1310. The summed E-state index contributed by atoms with van der Waals surface area (Å²) in [5, 5.41) is 3.10. The molecule has 4 rings (SSSR count). The molecule has 0 fully saturated rings. The number of fused-ring (bicyclic) bond motifs is 1. The van der Waals surface area contributed by atoms with Gasteiger partial charge in [0, 0.05) is 6.20 Å². The van der Waals surface area contributed by atoms with Crippen molar-refractivity contribution in [3.8, 4) is 0 Å². The molecule has 0 spiro atoms. The van der Waals surface area contributed by atoms with Gasteiger partial charge in [-0.15, -0.1) is 0 Å². The van der Waals surface area contributed by atoms with Crippen LogP contribution in [0, 0.1) is 0 Å². The smallest absolute Gasteiger partial charge is 0.332 e. The summed E-state index contributed by atoms with van der Waals surface area (Å²) in [6, 6.07) is 13.2. The van der Waals surface area contributed by atoms with E-state index >= 15 is 0 Å². The van der Waals surface area contributed by atoms with Crippen molar-refractivity contribution in [1.29, 1.82) is 0 Å². The number of pyridine rings is 1. The average molecular weight is 411 g/mol. The molecule has 3 aromatic heterocycles. The van der Waals surface area contributed by atoms with Crippen LogP contribution in [0.1, 0.15) is 5.76 Å². The van der Waals surface area contributed by atoms with Gasteiger partial charge in [-0.1, -0.05) is 23.7 Å². The molecule has 9 heteroatoms. The lowest BCUT2D eigenvalue weighted by Crippen LogP contribution is -2.42. The zero-order valence-electron chi connectivity index (χ0n) is 15.0. The Kier molecular flexibility index (Phi) is 5.01. The third kappa shape index (κ3) is 3.70. The number of hydrogen-bond acceptors (Lipinski definition) is 5. The molecule has 146 valence electrons. The quantitative estimate of drug-likeness (QED) is 0.509. The summed E-state index contributed by atoms with van der Waals surface area (Å²) in [5.41, 5.74) is -0.363. The van der Waals surface area contributed by atoms with Crippen LogP contribution in [0.4, 0.5) is 5.69 Å². The Balaban J connectivity index is 1.77. The first-order valence-electron chi connectivity index (χ1n) is 8.70. The number of aromatic nitrogens is 3. The number of rotatable bonds is 5. The van der Waals surface area contributed by atoms with E-state index < -0.39 is 17.2 Å². The number of furan rings is 1. The van der Waals surface area contributed by atoms with Crippen molar-refractivity contribution in [2.75, 3.05) is 5.32 Å².